The van der Waals surface area contributed by atoms with Crippen LogP contribution in [0.2, 0.25) is 0 Å². The molecule has 1 saturated heterocycles. The molecule has 8 nitrogen and oxygen atoms in total. The highest BCUT2D eigenvalue weighted by atomic mass is 16.3. The summed E-state index contributed by atoms with van der Waals surface area (Å²) in [5.41, 5.74) is 9.81. The molecule has 0 spiro atoms. The minimum Gasteiger partial charge on any atom is -0.395 e. The van der Waals surface area contributed by atoms with Crippen LogP contribution in [0.5, 0.6) is 0 Å². The van der Waals surface area contributed by atoms with E-state index in [1.807, 2.05) is 19.3 Å². The first-order valence-corrected chi connectivity index (χ1v) is 8.13. The number of aromatic nitrogens is 5. The molecule has 0 unspecified atom stereocenters. The summed E-state index contributed by atoms with van der Waals surface area (Å²) >= 11 is 0. The monoisotopic (exact) mass is 327 g/mol. The molecular weight excluding hydrogens is 306 g/mol. The Morgan fingerprint density at radius 2 is 2.21 bits per heavy atom. The van der Waals surface area contributed by atoms with Gasteiger partial charge in [-0.05, 0) is 12.8 Å². The Morgan fingerprint density at radius 3 is 2.88 bits per heavy atom. The van der Waals surface area contributed by atoms with Crippen LogP contribution in [0, 0.1) is 0 Å². The molecule has 24 heavy (non-hydrogen) atoms. The predicted octanol–water partition coefficient (Wildman–Crippen LogP) is 0.540. The number of aliphatic hydroxyl groups is 1. The lowest BCUT2D eigenvalue weighted by molar-refractivity contribution is 0.212. The summed E-state index contributed by atoms with van der Waals surface area (Å²) in [5.74, 6) is 0.867. The molecule has 3 aromatic rings. The predicted molar refractivity (Wildman–Crippen MR) is 90.5 cm³/mol. The molecule has 0 bridgehead atoms. The van der Waals surface area contributed by atoms with E-state index in [4.69, 9.17) is 10.7 Å². The van der Waals surface area contributed by atoms with Gasteiger partial charge in [-0.25, -0.2) is 4.98 Å². The van der Waals surface area contributed by atoms with Gasteiger partial charge in [-0.1, -0.05) is 0 Å². The van der Waals surface area contributed by atoms with Crippen LogP contribution < -0.4 is 11.1 Å². The van der Waals surface area contributed by atoms with E-state index in [0.29, 0.717) is 5.82 Å². The Bertz CT molecular complexity index is 861. The van der Waals surface area contributed by atoms with Gasteiger partial charge in [0.15, 0.2) is 5.65 Å². The van der Waals surface area contributed by atoms with E-state index in [2.05, 4.69) is 15.5 Å². The van der Waals surface area contributed by atoms with Crippen molar-refractivity contribution in [2.75, 3.05) is 18.9 Å². The van der Waals surface area contributed by atoms with E-state index < -0.39 is 0 Å². The molecule has 1 fully saturated rings. The van der Waals surface area contributed by atoms with Crippen LogP contribution in [-0.2, 0) is 7.05 Å². The van der Waals surface area contributed by atoms with Crippen LogP contribution in [-0.4, -0.2) is 48.7 Å². The van der Waals surface area contributed by atoms with E-state index in [1.165, 1.54) is 0 Å². The Hall–Kier alpha value is -2.45. The second kappa shape index (κ2) is 5.88. The average Bonchev–Trinajstić information content (AvgIpc) is 3.21. The van der Waals surface area contributed by atoms with Crippen molar-refractivity contribution in [3.8, 4) is 11.1 Å². The molecule has 1 aliphatic heterocycles. The van der Waals surface area contributed by atoms with Gasteiger partial charge < -0.3 is 16.2 Å². The standard InChI is InChI=1S/C16H21N7O/c1-22-8-11(6-19-22)13-7-20-23-15(17)4-14(21-16(13)23)10-2-3-12(9-24)18-5-10/h4,6-8,10,12,18,24H,2-3,5,9,17H2,1H3/t10-,12-/m0/s1. The van der Waals surface area contributed by atoms with Gasteiger partial charge in [-0.2, -0.15) is 14.7 Å². The fourth-order valence-corrected chi connectivity index (χ4v) is 3.30. The zero-order chi connectivity index (χ0) is 16.7. The number of hydrogen-bond acceptors (Lipinski definition) is 6. The van der Waals surface area contributed by atoms with Gasteiger partial charge in [-0.15, -0.1) is 0 Å². The molecule has 0 aliphatic carbocycles. The topological polar surface area (TPSA) is 106 Å². The van der Waals surface area contributed by atoms with Crippen LogP contribution in [0.4, 0.5) is 5.82 Å². The maximum atomic E-state index is 9.25. The summed E-state index contributed by atoms with van der Waals surface area (Å²) in [6.07, 6.45) is 7.44. The first-order valence-electron chi connectivity index (χ1n) is 8.13. The number of aryl methyl sites for hydroxylation is 1. The van der Waals surface area contributed by atoms with E-state index in [0.717, 1.165) is 41.9 Å². The molecule has 8 heteroatoms. The van der Waals surface area contributed by atoms with Crippen molar-refractivity contribution in [2.24, 2.45) is 7.05 Å². The number of nitrogen functional groups attached to an aromatic ring is 1. The number of nitrogens with one attached hydrogen (secondary N) is 1. The molecular formula is C16H21N7O. The average molecular weight is 327 g/mol. The van der Waals surface area contributed by atoms with Crippen molar-refractivity contribution < 1.29 is 5.11 Å². The van der Waals surface area contributed by atoms with Gasteiger partial charge in [0.1, 0.15) is 5.82 Å². The van der Waals surface area contributed by atoms with E-state index in [-0.39, 0.29) is 18.6 Å². The molecule has 0 aromatic carbocycles. The minimum absolute atomic E-state index is 0.176. The lowest BCUT2D eigenvalue weighted by Gasteiger charge is -2.28. The summed E-state index contributed by atoms with van der Waals surface area (Å²) in [6.45, 7) is 0.972. The number of nitrogens with zero attached hydrogens (tertiary/aromatic N) is 5. The van der Waals surface area contributed by atoms with Crippen molar-refractivity contribution in [3.05, 3.63) is 30.4 Å². The van der Waals surface area contributed by atoms with Crippen molar-refractivity contribution in [3.63, 3.8) is 0 Å². The SMILES string of the molecule is Cn1cc(-c2cnn3c(N)cc([C@H]4CC[C@@H](CO)NC4)nc23)cn1. The number of nitrogens with two attached hydrogens (primary N) is 1. The zero-order valence-corrected chi connectivity index (χ0v) is 13.6. The van der Waals surface area contributed by atoms with E-state index >= 15 is 0 Å². The van der Waals surface area contributed by atoms with Gasteiger partial charge in [0.25, 0.3) is 0 Å². The summed E-state index contributed by atoms with van der Waals surface area (Å²) in [4.78, 5) is 4.84. The number of aliphatic hydroxyl groups excluding tert-OH is 1. The van der Waals surface area contributed by atoms with Crippen molar-refractivity contribution in [1.29, 1.82) is 0 Å². The number of anilines is 1. The van der Waals surface area contributed by atoms with E-state index in [1.54, 1.807) is 21.6 Å². The fraction of sp³-hybridized carbons (Fsp3) is 0.438. The molecule has 0 amide bonds. The lowest BCUT2D eigenvalue weighted by atomic mass is 9.92. The molecule has 2 atom stereocenters. The van der Waals surface area contributed by atoms with Crippen LogP contribution in [0.3, 0.4) is 0 Å². The maximum Gasteiger partial charge on any atom is 0.165 e. The smallest absolute Gasteiger partial charge is 0.165 e. The van der Waals surface area contributed by atoms with Gasteiger partial charge in [-0.3, -0.25) is 4.68 Å². The molecule has 126 valence electrons. The maximum absolute atomic E-state index is 9.25. The summed E-state index contributed by atoms with van der Waals surface area (Å²) in [7, 11) is 1.88. The van der Waals surface area contributed by atoms with Crippen LogP contribution in [0.25, 0.3) is 16.8 Å². The molecule has 4 heterocycles. The number of fused-ring (bicyclic) bond motifs is 1. The molecule has 0 saturated carbocycles. The number of hydrogen-bond donors (Lipinski definition) is 3. The third-order valence-corrected chi connectivity index (χ3v) is 4.69. The quantitative estimate of drug-likeness (QED) is 0.648. The largest absolute Gasteiger partial charge is 0.395 e. The first kappa shape index (κ1) is 15.1. The second-order valence-electron chi connectivity index (χ2n) is 6.36. The van der Waals surface area contributed by atoms with Crippen LogP contribution in [0.15, 0.2) is 24.7 Å². The van der Waals surface area contributed by atoms with Crippen molar-refractivity contribution >= 4 is 11.5 Å². The van der Waals surface area contributed by atoms with Gasteiger partial charge in [0, 0.05) is 48.9 Å². The summed E-state index contributed by atoms with van der Waals surface area (Å²) < 4.78 is 3.42. The van der Waals surface area contributed by atoms with E-state index in [9.17, 15) is 5.11 Å². The summed E-state index contributed by atoms with van der Waals surface area (Å²) in [5, 5.41) is 21.2. The fourth-order valence-electron chi connectivity index (χ4n) is 3.30. The van der Waals surface area contributed by atoms with Crippen molar-refractivity contribution in [2.45, 2.75) is 24.8 Å². The third kappa shape index (κ3) is 2.53. The lowest BCUT2D eigenvalue weighted by Crippen LogP contribution is -2.40. The molecule has 4 N–H and O–H groups in total. The zero-order valence-electron chi connectivity index (χ0n) is 13.6. The minimum atomic E-state index is 0.176. The molecule has 4 rings (SSSR count). The molecule has 3 aromatic heterocycles. The van der Waals surface area contributed by atoms with Gasteiger partial charge in [0.2, 0.25) is 0 Å². The highest BCUT2D eigenvalue weighted by molar-refractivity contribution is 5.77. The highest BCUT2D eigenvalue weighted by Gasteiger charge is 2.24. The Balaban J connectivity index is 1.73. The number of piperidine rings is 1. The van der Waals surface area contributed by atoms with Gasteiger partial charge in [0.05, 0.1) is 24.7 Å². The Labute approximate surface area is 139 Å². The highest BCUT2D eigenvalue weighted by Crippen LogP contribution is 2.29. The number of rotatable bonds is 3. The Morgan fingerprint density at radius 1 is 1.33 bits per heavy atom. The summed E-state index contributed by atoms with van der Waals surface area (Å²) in [6, 6.07) is 2.08. The van der Waals surface area contributed by atoms with Crippen LogP contribution >= 0.6 is 0 Å². The molecule has 1 aliphatic rings. The van der Waals surface area contributed by atoms with Gasteiger partial charge >= 0.3 is 0 Å². The molecule has 0 radical (unpaired) electrons. The first-order chi connectivity index (χ1) is 11.7. The van der Waals surface area contributed by atoms with Crippen molar-refractivity contribution in [1.82, 2.24) is 29.7 Å². The second-order valence-corrected chi connectivity index (χ2v) is 6.36. The normalized spacial score (nSPS) is 21.4. The Kier molecular flexibility index (Phi) is 3.70. The third-order valence-electron chi connectivity index (χ3n) is 4.69. The van der Waals surface area contributed by atoms with Crippen LogP contribution in [0.1, 0.15) is 24.5 Å².